The Morgan fingerprint density at radius 1 is 0.526 bits per heavy atom. The van der Waals surface area contributed by atoms with Gasteiger partial charge in [-0.1, -0.05) is 149 Å². The molecule has 4 heteroatoms. The molecule has 0 aliphatic rings. The highest BCUT2D eigenvalue weighted by Gasteiger charge is 2.15. The largest absolute Gasteiger partial charge is 0.508 e. The molecule has 0 N–H and O–H groups in total. The lowest BCUT2D eigenvalue weighted by atomic mass is 10.0. The van der Waals surface area contributed by atoms with Crippen molar-refractivity contribution in [2.24, 2.45) is 0 Å². The van der Waals surface area contributed by atoms with Gasteiger partial charge in [0.2, 0.25) is 0 Å². The number of unbranched alkanes of at least 4 members (excludes halogenated alkanes) is 21. The highest BCUT2D eigenvalue weighted by Crippen LogP contribution is 2.18. The minimum Gasteiger partial charge on any atom is -0.434 e. The van der Waals surface area contributed by atoms with Gasteiger partial charge in [0.25, 0.3) is 0 Å². The maximum absolute atomic E-state index is 12.2. The molecule has 0 aromatic rings. The Morgan fingerprint density at radius 3 is 1.21 bits per heavy atom. The maximum atomic E-state index is 12.2. The van der Waals surface area contributed by atoms with E-state index in [1.807, 2.05) is 14.1 Å². The molecule has 0 radical (unpaired) electrons. The van der Waals surface area contributed by atoms with Crippen molar-refractivity contribution in [1.82, 2.24) is 4.90 Å². The van der Waals surface area contributed by atoms with Crippen LogP contribution in [0.1, 0.15) is 181 Å². The molecular formula is C34H69NO3. The normalized spacial score (nSPS) is 12.2. The minimum absolute atomic E-state index is 0.0263. The zero-order valence-electron chi connectivity index (χ0n) is 26.5. The summed E-state index contributed by atoms with van der Waals surface area (Å²) in [5, 5.41) is 0. The first-order valence-corrected chi connectivity index (χ1v) is 17.1. The molecule has 0 rings (SSSR count). The summed E-state index contributed by atoms with van der Waals surface area (Å²) in [6, 6.07) is 0. The van der Waals surface area contributed by atoms with Gasteiger partial charge in [0.1, 0.15) is 6.10 Å². The van der Waals surface area contributed by atoms with Crippen LogP contribution in [-0.2, 0) is 9.47 Å². The van der Waals surface area contributed by atoms with Gasteiger partial charge in [-0.15, -0.1) is 0 Å². The first-order valence-electron chi connectivity index (χ1n) is 17.1. The van der Waals surface area contributed by atoms with Crippen molar-refractivity contribution < 1.29 is 14.3 Å². The van der Waals surface area contributed by atoms with E-state index in [0.29, 0.717) is 6.61 Å². The Morgan fingerprint density at radius 2 is 0.868 bits per heavy atom. The van der Waals surface area contributed by atoms with Crippen molar-refractivity contribution in [2.45, 2.75) is 187 Å². The summed E-state index contributed by atoms with van der Waals surface area (Å²) in [6.45, 7) is 5.93. The molecule has 0 fully saturated rings. The van der Waals surface area contributed by atoms with Crippen molar-refractivity contribution >= 4 is 6.16 Å². The predicted molar refractivity (Wildman–Crippen MR) is 166 cm³/mol. The Kier molecular flexibility index (Phi) is 30.1. The zero-order chi connectivity index (χ0) is 27.9. The summed E-state index contributed by atoms with van der Waals surface area (Å²) in [6.07, 6.45) is 33.5. The van der Waals surface area contributed by atoms with Crippen LogP contribution in [0.3, 0.4) is 0 Å². The molecule has 0 amide bonds. The summed E-state index contributed by atoms with van der Waals surface area (Å²) in [7, 11) is 4.07. The average Bonchev–Trinajstić information content (AvgIpc) is 2.90. The standard InChI is InChI=1S/C34H69NO3/c1-5-7-9-11-13-15-16-17-18-19-20-21-23-25-27-30-33(29-26-24-22-14-12-10-8-6-2)38-34(36)37-32-28-31-35(3)4/h33H,5-32H2,1-4H3. The Hall–Kier alpha value is -0.770. The Bertz CT molecular complexity index is 469. The van der Waals surface area contributed by atoms with Gasteiger partial charge in [0.15, 0.2) is 0 Å². The first kappa shape index (κ1) is 37.2. The molecule has 0 saturated carbocycles. The van der Waals surface area contributed by atoms with Crippen molar-refractivity contribution in [3.05, 3.63) is 0 Å². The van der Waals surface area contributed by atoms with Gasteiger partial charge in [-0.25, -0.2) is 4.79 Å². The third-order valence-corrected chi connectivity index (χ3v) is 7.74. The molecule has 1 unspecified atom stereocenters. The van der Waals surface area contributed by atoms with Crippen molar-refractivity contribution in [1.29, 1.82) is 0 Å². The molecule has 1 atom stereocenters. The lowest BCUT2D eigenvalue weighted by Gasteiger charge is -2.18. The van der Waals surface area contributed by atoms with Crippen LogP contribution in [0.5, 0.6) is 0 Å². The molecular weight excluding hydrogens is 470 g/mol. The third-order valence-electron chi connectivity index (χ3n) is 7.74. The highest BCUT2D eigenvalue weighted by atomic mass is 16.7. The molecule has 0 heterocycles. The molecule has 228 valence electrons. The monoisotopic (exact) mass is 540 g/mol. The van der Waals surface area contributed by atoms with Crippen molar-refractivity contribution in [3.8, 4) is 0 Å². The van der Waals surface area contributed by atoms with Crippen LogP contribution < -0.4 is 0 Å². The van der Waals surface area contributed by atoms with Crippen molar-refractivity contribution in [3.63, 3.8) is 0 Å². The van der Waals surface area contributed by atoms with Crippen LogP contribution in [0.4, 0.5) is 4.79 Å². The molecule has 0 aliphatic carbocycles. The maximum Gasteiger partial charge on any atom is 0.508 e. The van der Waals surface area contributed by atoms with E-state index in [1.54, 1.807) is 0 Å². The van der Waals surface area contributed by atoms with Gasteiger partial charge in [-0.2, -0.15) is 0 Å². The molecule has 0 aliphatic heterocycles. The fraction of sp³-hybridized carbons (Fsp3) is 0.971. The molecule has 4 nitrogen and oxygen atoms in total. The second kappa shape index (κ2) is 30.8. The van der Waals surface area contributed by atoms with Gasteiger partial charge < -0.3 is 14.4 Å². The van der Waals surface area contributed by atoms with E-state index >= 15 is 0 Å². The van der Waals surface area contributed by atoms with Gasteiger partial charge in [0.05, 0.1) is 6.61 Å². The zero-order valence-corrected chi connectivity index (χ0v) is 26.5. The number of carbonyl (C=O) groups excluding carboxylic acids is 1. The number of hydrogen-bond donors (Lipinski definition) is 0. The van der Waals surface area contributed by atoms with Crippen LogP contribution in [0, 0.1) is 0 Å². The van der Waals surface area contributed by atoms with Gasteiger partial charge in [-0.3, -0.25) is 0 Å². The SMILES string of the molecule is CCCCCCCCCCCCCCCCCC(CCCCCCCCCC)OC(=O)OCCCN(C)C. The molecule has 0 aromatic heterocycles. The van der Waals surface area contributed by atoms with Gasteiger partial charge >= 0.3 is 6.16 Å². The molecule has 38 heavy (non-hydrogen) atoms. The number of hydrogen-bond acceptors (Lipinski definition) is 4. The fourth-order valence-corrected chi connectivity index (χ4v) is 5.22. The van der Waals surface area contributed by atoms with Crippen LogP contribution >= 0.6 is 0 Å². The lowest BCUT2D eigenvalue weighted by molar-refractivity contribution is 0.0150. The topological polar surface area (TPSA) is 38.8 Å². The third kappa shape index (κ3) is 29.8. The van der Waals surface area contributed by atoms with E-state index < -0.39 is 6.16 Å². The van der Waals surface area contributed by atoms with E-state index in [0.717, 1.165) is 38.6 Å². The highest BCUT2D eigenvalue weighted by molar-refractivity contribution is 5.60. The van der Waals surface area contributed by atoms with Crippen LogP contribution in [0.25, 0.3) is 0 Å². The smallest absolute Gasteiger partial charge is 0.434 e. The fourth-order valence-electron chi connectivity index (χ4n) is 5.22. The number of nitrogens with zero attached hydrogens (tertiary/aromatic N) is 1. The number of carbonyl (C=O) groups is 1. The molecule has 0 bridgehead atoms. The van der Waals surface area contributed by atoms with Crippen molar-refractivity contribution in [2.75, 3.05) is 27.2 Å². The van der Waals surface area contributed by atoms with Crippen LogP contribution in [-0.4, -0.2) is 44.4 Å². The van der Waals surface area contributed by atoms with Gasteiger partial charge in [0, 0.05) is 6.54 Å². The number of ether oxygens (including phenoxy) is 2. The quantitative estimate of drug-likeness (QED) is 0.0672. The summed E-state index contributed by atoms with van der Waals surface area (Å²) >= 11 is 0. The van der Waals surface area contributed by atoms with E-state index in [2.05, 4.69) is 18.7 Å². The Labute approximate surface area is 239 Å². The lowest BCUT2D eigenvalue weighted by Crippen LogP contribution is -2.21. The van der Waals surface area contributed by atoms with E-state index in [9.17, 15) is 4.79 Å². The second-order valence-electron chi connectivity index (χ2n) is 12.0. The molecule has 0 saturated heterocycles. The number of rotatable bonds is 30. The Balaban J connectivity index is 3.91. The summed E-state index contributed by atoms with van der Waals surface area (Å²) in [4.78, 5) is 14.3. The summed E-state index contributed by atoms with van der Waals surface area (Å²) < 4.78 is 11.1. The summed E-state index contributed by atoms with van der Waals surface area (Å²) in [5.41, 5.74) is 0. The van der Waals surface area contributed by atoms with E-state index in [-0.39, 0.29) is 6.10 Å². The first-order chi connectivity index (χ1) is 18.6. The van der Waals surface area contributed by atoms with E-state index in [1.165, 1.54) is 135 Å². The summed E-state index contributed by atoms with van der Waals surface area (Å²) in [5.74, 6) is 0. The average molecular weight is 540 g/mol. The minimum atomic E-state index is -0.464. The van der Waals surface area contributed by atoms with E-state index in [4.69, 9.17) is 9.47 Å². The van der Waals surface area contributed by atoms with Gasteiger partial charge in [-0.05, 0) is 46.2 Å². The molecule has 0 spiro atoms. The van der Waals surface area contributed by atoms with Crippen LogP contribution in [0.15, 0.2) is 0 Å². The second-order valence-corrected chi connectivity index (χ2v) is 12.0. The molecule has 0 aromatic carbocycles. The predicted octanol–water partition coefficient (Wildman–Crippen LogP) is 11.3. The van der Waals surface area contributed by atoms with Crippen LogP contribution in [0.2, 0.25) is 0 Å².